The predicted octanol–water partition coefficient (Wildman–Crippen LogP) is 3.95. The summed E-state index contributed by atoms with van der Waals surface area (Å²) >= 11 is 13.1. The first-order chi connectivity index (χ1) is 9.65. The maximum atomic E-state index is 12.3. The number of hydrogen-bond donors (Lipinski definition) is 2. The Hall–Kier alpha value is -1.07. The van der Waals surface area contributed by atoms with Gasteiger partial charge in [0.2, 0.25) is 0 Å². The number of hydrogen-bond acceptors (Lipinski definition) is 3. The minimum absolute atomic E-state index is 0.218. The Morgan fingerprint density at radius 1 is 1.35 bits per heavy atom. The number of thiophene rings is 1. The van der Waals surface area contributed by atoms with Crippen LogP contribution in [0.4, 0.5) is 5.69 Å². The molecule has 0 spiro atoms. The summed E-state index contributed by atoms with van der Waals surface area (Å²) in [6.07, 6.45) is 0.907. The van der Waals surface area contributed by atoms with Gasteiger partial charge in [-0.05, 0) is 36.2 Å². The molecule has 2 heterocycles. The number of fused-ring (bicyclic) bond motifs is 1. The first-order valence-electron chi connectivity index (χ1n) is 6.23. The van der Waals surface area contributed by atoms with Crippen molar-refractivity contribution < 1.29 is 4.79 Å². The molecule has 2 N–H and O–H groups in total. The van der Waals surface area contributed by atoms with Gasteiger partial charge in [-0.1, -0.05) is 35.3 Å². The molecule has 20 heavy (non-hydrogen) atoms. The van der Waals surface area contributed by atoms with Gasteiger partial charge in [-0.3, -0.25) is 4.79 Å². The second kappa shape index (κ2) is 5.74. The largest absolute Gasteiger partial charge is 0.322 e. The van der Waals surface area contributed by atoms with E-state index >= 15 is 0 Å². The minimum atomic E-state index is -0.218. The summed E-state index contributed by atoms with van der Waals surface area (Å²) in [7, 11) is 0. The van der Waals surface area contributed by atoms with Crippen LogP contribution in [0.25, 0.3) is 0 Å². The Morgan fingerprint density at radius 3 is 2.95 bits per heavy atom. The van der Waals surface area contributed by atoms with Crippen LogP contribution >= 0.6 is 34.5 Å². The van der Waals surface area contributed by atoms with Crippen molar-refractivity contribution in [3.63, 3.8) is 0 Å². The molecule has 1 aromatic heterocycles. The van der Waals surface area contributed by atoms with E-state index in [1.165, 1.54) is 22.5 Å². The summed E-state index contributed by atoms with van der Waals surface area (Å²) in [5.41, 5.74) is 3.70. The van der Waals surface area contributed by atoms with Gasteiger partial charge in [-0.15, -0.1) is 11.3 Å². The van der Waals surface area contributed by atoms with E-state index in [1.807, 2.05) is 12.1 Å². The fourth-order valence-corrected chi connectivity index (χ4v) is 3.79. The summed E-state index contributed by atoms with van der Waals surface area (Å²) < 4.78 is 0.929. The number of halogens is 2. The molecule has 2 aromatic rings. The number of anilines is 1. The summed E-state index contributed by atoms with van der Waals surface area (Å²) in [5.74, 6) is -0.218. The van der Waals surface area contributed by atoms with E-state index < -0.39 is 0 Å². The Kier molecular flexibility index (Phi) is 3.98. The van der Waals surface area contributed by atoms with Gasteiger partial charge in [-0.2, -0.15) is 0 Å². The van der Waals surface area contributed by atoms with Crippen molar-refractivity contribution in [2.75, 3.05) is 11.9 Å². The second-order valence-corrected chi connectivity index (χ2v) is 6.85. The zero-order valence-electron chi connectivity index (χ0n) is 10.5. The maximum Gasteiger partial charge on any atom is 0.258 e. The maximum absolute atomic E-state index is 12.3. The van der Waals surface area contributed by atoms with Crippen LogP contribution in [0.1, 0.15) is 21.5 Å². The van der Waals surface area contributed by atoms with Gasteiger partial charge in [0.15, 0.2) is 0 Å². The van der Waals surface area contributed by atoms with Gasteiger partial charge in [0.1, 0.15) is 4.34 Å². The molecule has 3 rings (SSSR count). The number of nitrogens with one attached hydrogen (secondary N) is 2. The SMILES string of the molecule is O=C(Nc1cccc2c1CCNC2)c1cc(Cl)sc1Cl. The molecule has 1 aromatic carbocycles. The molecule has 6 heteroatoms. The third-order valence-corrected chi connectivity index (χ3v) is 4.78. The van der Waals surface area contributed by atoms with E-state index in [4.69, 9.17) is 23.2 Å². The van der Waals surface area contributed by atoms with Gasteiger partial charge in [0.05, 0.1) is 9.90 Å². The highest BCUT2D eigenvalue weighted by Gasteiger charge is 2.18. The fourth-order valence-electron chi connectivity index (χ4n) is 2.33. The van der Waals surface area contributed by atoms with Crippen LogP contribution in [0, 0.1) is 0 Å². The normalized spacial score (nSPS) is 13.9. The van der Waals surface area contributed by atoms with Crippen LogP contribution in [-0.4, -0.2) is 12.5 Å². The zero-order chi connectivity index (χ0) is 14.1. The van der Waals surface area contributed by atoms with Gasteiger partial charge in [0, 0.05) is 12.2 Å². The van der Waals surface area contributed by atoms with Gasteiger partial charge in [0.25, 0.3) is 5.91 Å². The second-order valence-electron chi connectivity index (χ2n) is 4.56. The highest BCUT2D eigenvalue weighted by Crippen LogP contribution is 2.32. The molecule has 1 amide bonds. The van der Waals surface area contributed by atoms with E-state index in [0.29, 0.717) is 14.2 Å². The lowest BCUT2D eigenvalue weighted by Gasteiger charge is -2.20. The Labute approximate surface area is 130 Å². The monoisotopic (exact) mass is 326 g/mol. The smallest absolute Gasteiger partial charge is 0.258 e. The quantitative estimate of drug-likeness (QED) is 0.877. The lowest BCUT2D eigenvalue weighted by molar-refractivity contribution is 0.102. The van der Waals surface area contributed by atoms with Gasteiger partial charge < -0.3 is 10.6 Å². The lowest BCUT2D eigenvalue weighted by Crippen LogP contribution is -2.25. The molecule has 1 aliphatic rings. The van der Waals surface area contributed by atoms with Crippen molar-refractivity contribution in [2.24, 2.45) is 0 Å². The molecule has 0 saturated carbocycles. The number of carbonyl (C=O) groups excluding carboxylic acids is 1. The van der Waals surface area contributed by atoms with Gasteiger partial charge in [-0.25, -0.2) is 0 Å². The van der Waals surface area contributed by atoms with Crippen LogP contribution < -0.4 is 10.6 Å². The van der Waals surface area contributed by atoms with Crippen LogP contribution in [0.5, 0.6) is 0 Å². The predicted molar refractivity (Wildman–Crippen MR) is 84.1 cm³/mol. The average Bonchev–Trinajstić information content (AvgIpc) is 2.78. The third kappa shape index (κ3) is 2.69. The molecule has 0 fully saturated rings. The molecule has 0 saturated heterocycles. The van der Waals surface area contributed by atoms with E-state index in [0.717, 1.165) is 25.2 Å². The Bertz CT molecular complexity index is 669. The number of benzene rings is 1. The zero-order valence-corrected chi connectivity index (χ0v) is 12.8. The summed E-state index contributed by atoms with van der Waals surface area (Å²) in [4.78, 5) is 12.3. The summed E-state index contributed by atoms with van der Waals surface area (Å²) in [6.45, 7) is 1.76. The van der Waals surface area contributed by atoms with Crippen molar-refractivity contribution in [3.8, 4) is 0 Å². The van der Waals surface area contributed by atoms with Crippen molar-refractivity contribution >= 4 is 46.1 Å². The van der Waals surface area contributed by atoms with E-state index in [-0.39, 0.29) is 5.91 Å². The molecular weight excluding hydrogens is 315 g/mol. The number of rotatable bonds is 2. The Balaban J connectivity index is 1.88. The van der Waals surface area contributed by atoms with E-state index in [2.05, 4.69) is 16.7 Å². The summed E-state index contributed by atoms with van der Waals surface area (Å²) in [5, 5.41) is 6.25. The fraction of sp³-hybridized carbons (Fsp3) is 0.214. The van der Waals surface area contributed by atoms with Crippen molar-refractivity contribution in [3.05, 3.63) is 49.6 Å². The van der Waals surface area contributed by atoms with Crippen molar-refractivity contribution in [2.45, 2.75) is 13.0 Å². The molecule has 0 unspecified atom stereocenters. The number of carbonyl (C=O) groups is 1. The van der Waals surface area contributed by atoms with Crippen molar-refractivity contribution in [1.29, 1.82) is 0 Å². The molecule has 104 valence electrons. The molecule has 0 bridgehead atoms. The Morgan fingerprint density at radius 2 is 2.20 bits per heavy atom. The van der Waals surface area contributed by atoms with Gasteiger partial charge >= 0.3 is 0 Å². The highest BCUT2D eigenvalue weighted by atomic mass is 35.5. The lowest BCUT2D eigenvalue weighted by atomic mass is 9.99. The summed E-state index contributed by atoms with van der Waals surface area (Å²) in [6, 6.07) is 7.54. The highest BCUT2D eigenvalue weighted by molar-refractivity contribution is 7.20. The average molecular weight is 327 g/mol. The van der Waals surface area contributed by atoms with Crippen molar-refractivity contribution in [1.82, 2.24) is 5.32 Å². The van der Waals surface area contributed by atoms with Crippen LogP contribution in [0.3, 0.4) is 0 Å². The first-order valence-corrected chi connectivity index (χ1v) is 7.80. The van der Waals surface area contributed by atoms with E-state index in [1.54, 1.807) is 6.07 Å². The molecule has 0 aliphatic carbocycles. The molecule has 0 atom stereocenters. The topological polar surface area (TPSA) is 41.1 Å². The molecular formula is C14H12Cl2N2OS. The van der Waals surface area contributed by atoms with Crippen LogP contribution in [0.2, 0.25) is 8.67 Å². The standard InChI is InChI=1S/C14H12Cl2N2OS/c15-12-6-10(13(16)20-12)14(19)18-11-3-1-2-8-7-17-5-4-9(8)11/h1-3,6,17H,4-5,7H2,(H,18,19). The third-order valence-electron chi connectivity index (χ3n) is 3.29. The van der Waals surface area contributed by atoms with E-state index in [9.17, 15) is 4.79 Å². The van der Waals surface area contributed by atoms with Crippen LogP contribution in [-0.2, 0) is 13.0 Å². The number of amides is 1. The minimum Gasteiger partial charge on any atom is -0.322 e. The molecule has 0 radical (unpaired) electrons. The first kappa shape index (κ1) is 13.9. The molecule has 3 nitrogen and oxygen atoms in total. The molecule has 1 aliphatic heterocycles. The van der Waals surface area contributed by atoms with Crippen LogP contribution in [0.15, 0.2) is 24.3 Å².